The first kappa shape index (κ1) is 8.54. The van der Waals surface area contributed by atoms with Gasteiger partial charge in [0.25, 0.3) is 0 Å². The van der Waals surface area contributed by atoms with Crippen LogP contribution in [0.3, 0.4) is 0 Å². The van der Waals surface area contributed by atoms with E-state index >= 15 is 0 Å². The zero-order chi connectivity index (χ0) is 9.97. The van der Waals surface area contributed by atoms with Crippen molar-refractivity contribution in [2.75, 3.05) is 0 Å². The van der Waals surface area contributed by atoms with E-state index in [-0.39, 0.29) is 0 Å². The van der Waals surface area contributed by atoms with E-state index in [1.54, 1.807) is 6.07 Å². The Hall–Kier alpha value is -2.05. The third kappa shape index (κ3) is 1.39. The number of hydrogen-bond donors (Lipinski definition) is 1. The lowest BCUT2D eigenvalue weighted by molar-refractivity contribution is -0.278. The Kier molecular flexibility index (Phi) is 2.05. The van der Waals surface area contributed by atoms with Gasteiger partial charge < -0.3 is 4.42 Å². The van der Waals surface area contributed by atoms with Crippen molar-refractivity contribution in [3.05, 3.63) is 42.0 Å². The maximum absolute atomic E-state index is 8.73. The number of nitrogens with zero attached hydrogens (tertiary/aromatic N) is 1. The summed E-state index contributed by atoms with van der Waals surface area (Å²) in [5, 5.41) is 8.73. The number of benzene rings is 1. The van der Waals surface area contributed by atoms with Crippen molar-refractivity contribution >= 4 is 5.88 Å². The van der Waals surface area contributed by atoms with E-state index in [4.69, 9.17) is 9.68 Å². The van der Waals surface area contributed by atoms with Crippen molar-refractivity contribution in [3.63, 3.8) is 0 Å². The van der Waals surface area contributed by atoms with Crippen LogP contribution in [0.4, 0.5) is 5.88 Å². The average Bonchev–Trinajstić information content (AvgIpc) is 2.61. The van der Waals surface area contributed by atoms with Crippen LogP contribution >= 0.6 is 0 Å². The van der Waals surface area contributed by atoms with Gasteiger partial charge in [0.2, 0.25) is 0 Å². The first-order valence-electron chi connectivity index (χ1n) is 4.22. The molecule has 0 saturated carbocycles. The Morgan fingerprint density at radius 3 is 2.50 bits per heavy atom. The van der Waals surface area contributed by atoms with E-state index in [1.165, 1.54) is 0 Å². The Bertz CT molecular complexity index is 480. The molecule has 2 aromatic rings. The smallest absolute Gasteiger partial charge is 0.310 e. The molecule has 0 aliphatic heterocycles. The zero-order valence-corrected chi connectivity index (χ0v) is 7.53. The number of rotatable bonds is 1. The molecule has 14 heavy (non-hydrogen) atoms. The van der Waals surface area contributed by atoms with Gasteiger partial charge in [-0.3, -0.25) is 5.73 Å². The summed E-state index contributed by atoms with van der Waals surface area (Å²) >= 11 is 0. The van der Waals surface area contributed by atoms with Crippen LogP contribution in [-0.4, -0.2) is 0 Å². The molecule has 0 saturated heterocycles. The van der Waals surface area contributed by atoms with Crippen LogP contribution in [0, 0.1) is 11.3 Å². The first-order valence-corrected chi connectivity index (χ1v) is 4.22. The standard InChI is InChI=1S/C11H8N2O/c12-7-9-6-10(14-11(9)13)8-4-2-1-3-5-8/h1-6H,13H2/p+1. The minimum atomic E-state index is 0.423. The molecule has 3 nitrogen and oxygen atoms in total. The summed E-state index contributed by atoms with van der Waals surface area (Å²) in [4.78, 5) is 0. The summed E-state index contributed by atoms with van der Waals surface area (Å²) in [6.45, 7) is 0. The number of hydrogen-bond acceptors (Lipinski definition) is 2. The lowest BCUT2D eigenvalue weighted by Gasteiger charge is -1.92. The molecule has 0 radical (unpaired) electrons. The predicted octanol–water partition coefficient (Wildman–Crippen LogP) is 1.69. The van der Waals surface area contributed by atoms with Gasteiger partial charge in [-0.1, -0.05) is 30.3 Å². The normalized spacial score (nSPS) is 9.71. The third-order valence-electron chi connectivity index (χ3n) is 1.99. The molecule has 0 fully saturated rings. The van der Waals surface area contributed by atoms with E-state index in [2.05, 4.69) is 5.73 Å². The van der Waals surface area contributed by atoms with E-state index in [0.29, 0.717) is 17.2 Å². The van der Waals surface area contributed by atoms with Gasteiger partial charge in [-0.15, -0.1) is 0 Å². The van der Waals surface area contributed by atoms with Crippen LogP contribution in [0.2, 0.25) is 0 Å². The Balaban J connectivity index is 2.50. The number of quaternary nitrogens is 1. The molecule has 0 aliphatic rings. The molecule has 2 rings (SSSR count). The summed E-state index contributed by atoms with van der Waals surface area (Å²) in [5.41, 5.74) is 5.10. The van der Waals surface area contributed by atoms with Crippen molar-refractivity contribution in [2.45, 2.75) is 0 Å². The van der Waals surface area contributed by atoms with Gasteiger partial charge in [-0.2, -0.15) is 5.26 Å². The van der Waals surface area contributed by atoms with E-state index in [0.717, 1.165) is 5.56 Å². The van der Waals surface area contributed by atoms with Gasteiger partial charge >= 0.3 is 5.88 Å². The van der Waals surface area contributed by atoms with Gasteiger partial charge in [0.05, 0.1) is 0 Å². The summed E-state index contributed by atoms with van der Waals surface area (Å²) in [6, 6.07) is 13.4. The summed E-state index contributed by atoms with van der Waals surface area (Å²) in [5.74, 6) is 1.11. The molecule has 3 heteroatoms. The molecule has 3 N–H and O–H groups in total. The lowest BCUT2D eigenvalue weighted by atomic mass is 10.1. The van der Waals surface area contributed by atoms with Crippen LogP contribution in [0.25, 0.3) is 11.3 Å². The summed E-state index contributed by atoms with van der Waals surface area (Å²) in [6.07, 6.45) is 0. The number of nitriles is 1. The third-order valence-corrected chi connectivity index (χ3v) is 1.99. The van der Waals surface area contributed by atoms with Crippen molar-refractivity contribution in [2.24, 2.45) is 0 Å². The molecule has 0 spiro atoms. The highest BCUT2D eigenvalue weighted by atomic mass is 16.4. The van der Waals surface area contributed by atoms with Crippen molar-refractivity contribution < 1.29 is 10.2 Å². The average molecular weight is 185 g/mol. The highest BCUT2D eigenvalue weighted by Crippen LogP contribution is 2.25. The molecule has 0 aliphatic carbocycles. The van der Waals surface area contributed by atoms with E-state index in [1.807, 2.05) is 36.4 Å². The Labute approximate surface area is 81.4 Å². The zero-order valence-electron chi connectivity index (χ0n) is 7.53. The summed E-state index contributed by atoms with van der Waals surface area (Å²) < 4.78 is 5.36. The van der Waals surface area contributed by atoms with Crippen LogP contribution in [0.5, 0.6) is 0 Å². The monoisotopic (exact) mass is 185 g/mol. The molecular weight excluding hydrogens is 176 g/mol. The molecule has 0 atom stereocenters. The van der Waals surface area contributed by atoms with Gasteiger partial charge in [-0.05, 0) is 0 Å². The lowest BCUT2D eigenvalue weighted by Crippen LogP contribution is -2.40. The Morgan fingerprint density at radius 1 is 1.21 bits per heavy atom. The van der Waals surface area contributed by atoms with Gasteiger partial charge in [-0.25, -0.2) is 0 Å². The molecule has 0 unspecified atom stereocenters. The van der Waals surface area contributed by atoms with Crippen LogP contribution in [0.15, 0.2) is 40.8 Å². The second-order valence-electron chi connectivity index (χ2n) is 2.93. The fraction of sp³-hybridized carbons (Fsp3) is 0. The topological polar surface area (TPSA) is 64.6 Å². The molecular formula is C11H9N2O+. The largest absolute Gasteiger partial charge is 0.411 e. The van der Waals surface area contributed by atoms with Crippen molar-refractivity contribution in [1.29, 1.82) is 5.26 Å². The fourth-order valence-corrected chi connectivity index (χ4v) is 1.27. The van der Waals surface area contributed by atoms with Crippen LogP contribution in [-0.2, 0) is 0 Å². The Morgan fingerprint density at radius 2 is 1.93 bits per heavy atom. The molecule has 0 bridgehead atoms. The minimum Gasteiger partial charge on any atom is -0.411 e. The molecule has 0 amide bonds. The van der Waals surface area contributed by atoms with Crippen LogP contribution in [0.1, 0.15) is 5.56 Å². The molecule has 68 valence electrons. The highest BCUT2D eigenvalue weighted by molar-refractivity contribution is 5.62. The number of furan rings is 1. The fourth-order valence-electron chi connectivity index (χ4n) is 1.27. The molecule has 1 heterocycles. The quantitative estimate of drug-likeness (QED) is 0.734. The van der Waals surface area contributed by atoms with Crippen molar-refractivity contribution in [1.82, 2.24) is 0 Å². The van der Waals surface area contributed by atoms with Gasteiger partial charge in [0.1, 0.15) is 11.8 Å². The first-order chi connectivity index (χ1) is 6.81. The summed E-state index contributed by atoms with van der Waals surface area (Å²) in [7, 11) is 0. The minimum absolute atomic E-state index is 0.423. The second-order valence-corrected chi connectivity index (χ2v) is 2.93. The molecule has 1 aromatic carbocycles. The van der Waals surface area contributed by atoms with Crippen molar-refractivity contribution in [3.8, 4) is 17.4 Å². The van der Waals surface area contributed by atoms with Gasteiger partial charge in [0.15, 0.2) is 5.56 Å². The predicted molar refractivity (Wildman–Crippen MR) is 51.4 cm³/mol. The molecule has 1 aromatic heterocycles. The van der Waals surface area contributed by atoms with Gasteiger partial charge in [0, 0.05) is 11.6 Å². The maximum Gasteiger partial charge on any atom is 0.310 e. The van der Waals surface area contributed by atoms with E-state index in [9.17, 15) is 0 Å². The second kappa shape index (κ2) is 3.36. The van der Waals surface area contributed by atoms with Crippen LogP contribution < -0.4 is 5.73 Å². The highest BCUT2D eigenvalue weighted by Gasteiger charge is 2.11. The van der Waals surface area contributed by atoms with E-state index < -0.39 is 0 Å². The maximum atomic E-state index is 8.73. The SMILES string of the molecule is N#Cc1cc(-c2ccccc2)oc1[NH3+].